The lowest BCUT2D eigenvalue weighted by Crippen LogP contribution is -2.49. The molecule has 10 heteroatoms. The van der Waals surface area contributed by atoms with E-state index in [0.717, 1.165) is 28.6 Å². The van der Waals surface area contributed by atoms with Crippen LogP contribution in [0.3, 0.4) is 0 Å². The zero-order valence-electron chi connectivity index (χ0n) is 19.8. The summed E-state index contributed by atoms with van der Waals surface area (Å²) in [7, 11) is 2.24. The van der Waals surface area contributed by atoms with E-state index in [1.807, 2.05) is 18.5 Å². The molecule has 1 aliphatic heterocycles. The number of nitrogen functional groups attached to an aromatic ring is 1. The minimum absolute atomic E-state index is 0.228. The number of likely N-dealkylation sites (N-methyl/N-ethyl adjacent to an activating group) is 1. The fourth-order valence-corrected chi connectivity index (χ4v) is 5.11. The van der Waals surface area contributed by atoms with Gasteiger partial charge in [0.25, 0.3) is 0 Å². The average Bonchev–Trinajstić information content (AvgIpc) is 3.43. The molecule has 9 nitrogen and oxygen atoms in total. The molecule has 5 heterocycles. The van der Waals surface area contributed by atoms with Gasteiger partial charge >= 0.3 is 0 Å². The van der Waals surface area contributed by atoms with Gasteiger partial charge in [0, 0.05) is 61.9 Å². The van der Waals surface area contributed by atoms with Gasteiger partial charge in [-0.05, 0) is 44.7 Å². The van der Waals surface area contributed by atoms with E-state index >= 15 is 0 Å². The number of fused-ring (bicyclic) bond motifs is 2. The Labute approximate surface area is 204 Å². The molecule has 4 aromatic rings. The van der Waals surface area contributed by atoms with Crippen LogP contribution >= 0.6 is 11.6 Å². The fraction of sp³-hybridized carbons (Fsp3) is 0.500. The summed E-state index contributed by atoms with van der Waals surface area (Å²) < 4.78 is 3.40. The molecule has 180 valence electrons. The smallest absolute Gasteiger partial charge is 0.238 e. The lowest BCUT2D eigenvalue weighted by atomic mass is 9.86. The Bertz CT molecular complexity index is 1230. The molecule has 0 bridgehead atoms. The minimum Gasteiger partial charge on any atom is -0.367 e. The van der Waals surface area contributed by atoms with Crippen LogP contribution in [0.15, 0.2) is 37.1 Å². The number of hydrogen-bond acceptors (Lipinski definition) is 7. The highest BCUT2D eigenvalue weighted by Gasteiger charge is 2.25. The van der Waals surface area contributed by atoms with Crippen LogP contribution in [-0.2, 0) is 0 Å². The number of anilines is 1. The van der Waals surface area contributed by atoms with Gasteiger partial charge < -0.3 is 10.6 Å². The van der Waals surface area contributed by atoms with Crippen LogP contribution in [0.5, 0.6) is 0 Å². The first-order valence-corrected chi connectivity index (χ1v) is 12.4. The molecule has 1 aliphatic carbocycles. The highest BCUT2D eigenvalue weighted by molar-refractivity contribution is 6.29. The van der Waals surface area contributed by atoms with Gasteiger partial charge in [0.15, 0.2) is 0 Å². The number of imidazole rings is 1. The van der Waals surface area contributed by atoms with E-state index in [1.54, 1.807) is 27.5 Å². The minimum atomic E-state index is 0.228. The van der Waals surface area contributed by atoms with Gasteiger partial charge in [-0.25, -0.2) is 19.5 Å². The van der Waals surface area contributed by atoms with Gasteiger partial charge in [-0.15, -0.1) is 5.10 Å². The Morgan fingerprint density at radius 2 is 1.71 bits per heavy atom. The molecular formula is C24H32ClN9. The molecule has 0 aromatic carbocycles. The van der Waals surface area contributed by atoms with Crippen molar-refractivity contribution in [2.24, 2.45) is 5.92 Å². The van der Waals surface area contributed by atoms with Gasteiger partial charge in [0.2, 0.25) is 11.7 Å². The van der Waals surface area contributed by atoms with Crippen LogP contribution in [0.4, 0.5) is 5.95 Å². The Hall–Kier alpha value is -2.75. The van der Waals surface area contributed by atoms with E-state index in [9.17, 15) is 0 Å². The van der Waals surface area contributed by atoms with Gasteiger partial charge in [-0.3, -0.25) is 9.30 Å². The van der Waals surface area contributed by atoms with Crippen molar-refractivity contribution in [1.82, 2.24) is 38.8 Å². The summed E-state index contributed by atoms with van der Waals surface area (Å²) in [6.07, 6.45) is 14.5. The second-order valence-electron chi connectivity index (χ2n) is 9.52. The Morgan fingerprint density at radius 1 is 0.971 bits per heavy atom. The number of rotatable bonds is 2. The first-order chi connectivity index (χ1) is 16.5. The highest BCUT2D eigenvalue weighted by Crippen LogP contribution is 2.28. The van der Waals surface area contributed by atoms with Gasteiger partial charge in [-0.1, -0.05) is 18.5 Å². The van der Waals surface area contributed by atoms with E-state index in [0.29, 0.717) is 10.9 Å². The molecule has 1 saturated heterocycles. The summed E-state index contributed by atoms with van der Waals surface area (Å²) in [5, 5.41) is 4.62. The van der Waals surface area contributed by atoms with Crippen LogP contribution in [0.2, 0.25) is 5.15 Å². The summed E-state index contributed by atoms with van der Waals surface area (Å²) in [6, 6.07) is 2.84. The van der Waals surface area contributed by atoms with Crippen LogP contribution < -0.4 is 5.73 Å². The van der Waals surface area contributed by atoms with Crippen molar-refractivity contribution in [2.75, 3.05) is 39.0 Å². The van der Waals surface area contributed by atoms with E-state index in [-0.39, 0.29) is 5.95 Å². The largest absolute Gasteiger partial charge is 0.367 e. The number of nitrogens with zero attached hydrogens (tertiary/aromatic N) is 8. The molecule has 0 unspecified atom stereocenters. The van der Waals surface area contributed by atoms with Crippen molar-refractivity contribution >= 4 is 28.8 Å². The molecule has 34 heavy (non-hydrogen) atoms. The molecule has 1 saturated carbocycles. The molecule has 0 spiro atoms. The van der Waals surface area contributed by atoms with Gasteiger partial charge in [-0.2, -0.15) is 0 Å². The lowest BCUT2D eigenvalue weighted by molar-refractivity contribution is 0.0832. The van der Waals surface area contributed by atoms with Gasteiger partial charge in [0.05, 0.1) is 17.9 Å². The van der Waals surface area contributed by atoms with E-state index in [4.69, 9.17) is 17.3 Å². The van der Waals surface area contributed by atoms with Crippen LogP contribution in [0.1, 0.15) is 32.6 Å². The summed E-state index contributed by atoms with van der Waals surface area (Å²) in [6.45, 7) is 7.55. The molecule has 0 radical (unpaired) electrons. The summed E-state index contributed by atoms with van der Waals surface area (Å²) in [5.74, 6) is 1.77. The second-order valence-corrected chi connectivity index (χ2v) is 9.91. The van der Waals surface area contributed by atoms with Crippen molar-refractivity contribution in [3.63, 3.8) is 0 Å². The SMILES string of the molecule is CC1CCC(N2CCN(C)CC2)CC1.Nc1ncc2c(-c3cnc4ncc(Cl)n4c3)ccn2n1. The molecule has 6 rings (SSSR count). The topological polar surface area (TPSA) is 92.9 Å². The molecule has 0 amide bonds. The van der Waals surface area contributed by atoms with Crippen LogP contribution in [0, 0.1) is 5.92 Å². The number of nitrogens with two attached hydrogens (primary N) is 1. The molecule has 0 atom stereocenters. The summed E-state index contributed by atoms with van der Waals surface area (Å²) in [4.78, 5) is 17.6. The summed E-state index contributed by atoms with van der Waals surface area (Å²) in [5.41, 5.74) is 8.26. The van der Waals surface area contributed by atoms with E-state index in [2.05, 4.69) is 43.8 Å². The van der Waals surface area contributed by atoms with Crippen molar-refractivity contribution < 1.29 is 0 Å². The third-order valence-corrected chi connectivity index (χ3v) is 7.38. The highest BCUT2D eigenvalue weighted by atomic mass is 35.5. The molecule has 4 aromatic heterocycles. The maximum Gasteiger partial charge on any atom is 0.238 e. The third-order valence-electron chi connectivity index (χ3n) is 7.10. The van der Waals surface area contributed by atoms with Crippen molar-refractivity contribution in [3.05, 3.63) is 42.2 Å². The monoisotopic (exact) mass is 481 g/mol. The maximum atomic E-state index is 6.06. The number of piperazine rings is 1. The predicted octanol–water partition coefficient (Wildman–Crippen LogP) is 3.49. The lowest BCUT2D eigenvalue weighted by Gasteiger charge is -2.40. The number of aromatic nitrogens is 6. The second kappa shape index (κ2) is 9.85. The number of halogens is 1. The maximum absolute atomic E-state index is 6.06. The number of hydrogen-bond donors (Lipinski definition) is 1. The Morgan fingerprint density at radius 3 is 2.47 bits per heavy atom. The Kier molecular flexibility index (Phi) is 6.67. The standard InChI is InChI=1S/C12H8ClN7.C12H24N2/c13-10-5-17-12-16-3-7(6-19(10)12)8-1-2-20-9(8)4-15-11(14)18-20;1-11-3-5-12(6-4-11)14-9-7-13(2)8-10-14/h1-6H,(H2,14,18);11-12H,3-10H2,1-2H3. The zero-order chi connectivity index (χ0) is 23.7. The molecule has 2 aliphatic rings. The van der Waals surface area contributed by atoms with Crippen molar-refractivity contribution in [2.45, 2.75) is 38.6 Å². The quantitative estimate of drug-likeness (QED) is 0.468. The normalized spacial score (nSPS) is 22.1. The first-order valence-electron chi connectivity index (χ1n) is 12.0. The molecular weight excluding hydrogens is 450 g/mol. The van der Waals surface area contributed by atoms with Crippen LogP contribution in [0.25, 0.3) is 22.4 Å². The predicted molar refractivity (Wildman–Crippen MR) is 135 cm³/mol. The fourth-order valence-electron chi connectivity index (χ4n) is 4.94. The van der Waals surface area contributed by atoms with E-state index < -0.39 is 0 Å². The summed E-state index contributed by atoms with van der Waals surface area (Å²) >= 11 is 6.06. The van der Waals surface area contributed by atoms with Gasteiger partial charge in [0.1, 0.15) is 5.15 Å². The van der Waals surface area contributed by atoms with E-state index in [1.165, 1.54) is 51.9 Å². The third kappa shape index (κ3) is 4.87. The zero-order valence-corrected chi connectivity index (χ0v) is 20.6. The van der Waals surface area contributed by atoms with Crippen molar-refractivity contribution in [1.29, 1.82) is 0 Å². The van der Waals surface area contributed by atoms with Crippen molar-refractivity contribution in [3.8, 4) is 11.1 Å². The first kappa shape index (κ1) is 23.0. The molecule has 2 fully saturated rings. The van der Waals surface area contributed by atoms with Crippen LogP contribution in [-0.4, -0.2) is 78.0 Å². The average molecular weight is 482 g/mol. The Balaban J connectivity index is 0.000000152. The molecule has 2 N–H and O–H groups in total.